The van der Waals surface area contributed by atoms with Crippen molar-refractivity contribution in [2.75, 3.05) is 30.9 Å². The molecule has 1 saturated heterocycles. The van der Waals surface area contributed by atoms with Gasteiger partial charge >= 0.3 is 0 Å². The maximum absolute atomic E-state index is 12.9. The lowest BCUT2D eigenvalue weighted by atomic mass is 10.1. The first kappa shape index (κ1) is 14.2. The molecule has 0 bridgehead atoms. The van der Waals surface area contributed by atoms with Crippen LogP contribution in [0.3, 0.4) is 0 Å². The average molecular weight is 301 g/mol. The van der Waals surface area contributed by atoms with E-state index in [0.717, 1.165) is 40.2 Å². The summed E-state index contributed by atoms with van der Waals surface area (Å²) in [5.74, 6) is 2.98. The number of carbonyl (C=O) groups excluding carboxylic acids is 1. The van der Waals surface area contributed by atoms with Crippen LogP contribution < -0.4 is 5.32 Å². The lowest BCUT2D eigenvalue weighted by molar-refractivity contribution is 0.0750. The summed E-state index contributed by atoms with van der Waals surface area (Å²) in [5, 5.41) is 3.95. The van der Waals surface area contributed by atoms with Gasteiger partial charge in [0.2, 0.25) is 0 Å². The SMILES string of the molecule is CNc1cc(C(=O)N(C)C2CCSC2)c2ccccc2n1. The van der Waals surface area contributed by atoms with Crippen LogP contribution in [0.1, 0.15) is 16.8 Å². The molecule has 1 aromatic carbocycles. The van der Waals surface area contributed by atoms with Gasteiger partial charge in [-0.25, -0.2) is 4.98 Å². The number of benzene rings is 1. The summed E-state index contributed by atoms with van der Waals surface area (Å²) in [7, 11) is 3.73. The van der Waals surface area contributed by atoms with Gasteiger partial charge in [0.15, 0.2) is 0 Å². The largest absolute Gasteiger partial charge is 0.373 e. The van der Waals surface area contributed by atoms with Crippen LogP contribution in [0.4, 0.5) is 5.82 Å². The molecule has 1 amide bonds. The molecule has 0 spiro atoms. The fourth-order valence-electron chi connectivity index (χ4n) is 2.66. The second-order valence-corrected chi connectivity index (χ2v) is 6.41. The molecule has 1 N–H and O–H groups in total. The second kappa shape index (κ2) is 5.93. The van der Waals surface area contributed by atoms with E-state index in [1.165, 1.54) is 0 Å². The van der Waals surface area contributed by atoms with Crippen LogP contribution in [0.15, 0.2) is 30.3 Å². The molecule has 2 heterocycles. The predicted octanol–water partition coefficient (Wildman–Crippen LogP) is 2.85. The first-order valence-corrected chi connectivity index (χ1v) is 8.28. The van der Waals surface area contributed by atoms with Crippen molar-refractivity contribution in [1.29, 1.82) is 0 Å². The number of carbonyl (C=O) groups is 1. The Hall–Kier alpha value is -1.75. The zero-order valence-electron chi connectivity index (χ0n) is 12.3. The standard InChI is InChI=1S/C16H19N3OS/c1-17-15-9-13(12-5-3-4-6-14(12)18-15)16(20)19(2)11-7-8-21-10-11/h3-6,9,11H,7-8,10H2,1-2H3,(H,17,18). The molecule has 110 valence electrons. The third-order valence-electron chi connectivity index (χ3n) is 3.98. The number of rotatable bonds is 3. The topological polar surface area (TPSA) is 45.2 Å². The molecule has 1 aromatic heterocycles. The highest BCUT2D eigenvalue weighted by atomic mass is 32.2. The number of thioether (sulfide) groups is 1. The molecule has 1 unspecified atom stereocenters. The van der Waals surface area contributed by atoms with Gasteiger partial charge in [0, 0.05) is 31.3 Å². The van der Waals surface area contributed by atoms with Crippen molar-refractivity contribution in [3.8, 4) is 0 Å². The summed E-state index contributed by atoms with van der Waals surface area (Å²) in [6.45, 7) is 0. The number of hydrogen-bond donors (Lipinski definition) is 1. The van der Waals surface area contributed by atoms with Gasteiger partial charge in [-0.3, -0.25) is 4.79 Å². The zero-order valence-corrected chi connectivity index (χ0v) is 13.1. The fraction of sp³-hybridized carbons (Fsp3) is 0.375. The molecule has 5 heteroatoms. The minimum Gasteiger partial charge on any atom is -0.373 e. The molecule has 1 aliphatic rings. The Balaban J connectivity index is 2.03. The van der Waals surface area contributed by atoms with Crippen LogP contribution in [0, 0.1) is 0 Å². The zero-order chi connectivity index (χ0) is 14.8. The quantitative estimate of drug-likeness (QED) is 0.947. The van der Waals surface area contributed by atoms with Crippen molar-refractivity contribution in [2.45, 2.75) is 12.5 Å². The van der Waals surface area contributed by atoms with Crippen molar-refractivity contribution in [3.63, 3.8) is 0 Å². The van der Waals surface area contributed by atoms with Gasteiger partial charge in [-0.05, 0) is 24.3 Å². The Morgan fingerprint density at radius 2 is 2.24 bits per heavy atom. The highest BCUT2D eigenvalue weighted by molar-refractivity contribution is 7.99. The number of nitrogens with zero attached hydrogens (tertiary/aromatic N) is 2. The molecule has 0 saturated carbocycles. The van der Waals surface area contributed by atoms with Gasteiger partial charge in [0.25, 0.3) is 5.91 Å². The molecule has 4 nitrogen and oxygen atoms in total. The minimum absolute atomic E-state index is 0.0811. The molecule has 0 radical (unpaired) electrons. The minimum atomic E-state index is 0.0811. The molecule has 1 atom stereocenters. The fourth-order valence-corrected chi connectivity index (χ4v) is 3.93. The first-order chi connectivity index (χ1) is 10.2. The Bertz CT molecular complexity index is 668. The molecule has 2 aromatic rings. The molecule has 1 aliphatic heterocycles. The summed E-state index contributed by atoms with van der Waals surface area (Å²) in [6.07, 6.45) is 1.08. The number of anilines is 1. The highest BCUT2D eigenvalue weighted by Gasteiger charge is 2.26. The van der Waals surface area contributed by atoms with E-state index in [0.29, 0.717) is 6.04 Å². The molecule has 3 rings (SSSR count). The van der Waals surface area contributed by atoms with Crippen LogP contribution in [-0.2, 0) is 0 Å². The first-order valence-electron chi connectivity index (χ1n) is 7.13. The van der Waals surface area contributed by atoms with E-state index in [1.807, 2.05) is 61.1 Å². The maximum atomic E-state index is 12.9. The molecule has 21 heavy (non-hydrogen) atoms. The van der Waals surface area contributed by atoms with Crippen molar-refractivity contribution >= 4 is 34.4 Å². The second-order valence-electron chi connectivity index (χ2n) is 5.26. The number of pyridine rings is 1. The Kier molecular flexibility index (Phi) is 4.01. The van der Waals surface area contributed by atoms with E-state index in [2.05, 4.69) is 10.3 Å². The van der Waals surface area contributed by atoms with E-state index >= 15 is 0 Å². The summed E-state index contributed by atoms with van der Waals surface area (Å²) < 4.78 is 0. The Labute approximate surface area is 128 Å². The van der Waals surface area contributed by atoms with Crippen LogP contribution in [0.2, 0.25) is 0 Å². The van der Waals surface area contributed by atoms with E-state index in [4.69, 9.17) is 0 Å². The van der Waals surface area contributed by atoms with Crippen LogP contribution in [-0.4, -0.2) is 47.4 Å². The third-order valence-corrected chi connectivity index (χ3v) is 5.12. The van der Waals surface area contributed by atoms with E-state index < -0.39 is 0 Å². The summed E-state index contributed by atoms with van der Waals surface area (Å²) in [4.78, 5) is 19.3. The van der Waals surface area contributed by atoms with Gasteiger partial charge in [-0.1, -0.05) is 18.2 Å². The van der Waals surface area contributed by atoms with E-state index in [9.17, 15) is 4.79 Å². The van der Waals surface area contributed by atoms with Gasteiger partial charge in [0.1, 0.15) is 5.82 Å². The van der Waals surface area contributed by atoms with Crippen molar-refractivity contribution < 1.29 is 4.79 Å². The average Bonchev–Trinajstić information content (AvgIpc) is 3.06. The number of fused-ring (bicyclic) bond motifs is 1. The van der Waals surface area contributed by atoms with Crippen molar-refractivity contribution in [3.05, 3.63) is 35.9 Å². The summed E-state index contributed by atoms with van der Waals surface area (Å²) in [5.41, 5.74) is 1.58. The highest BCUT2D eigenvalue weighted by Crippen LogP contribution is 2.26. The van der Waals surface area contributed by atoms with Crippen molar-refractivity contribution in [2.24, 2.45) is 0 Å². The molecule has 0 aliphatic carbocycles. The van der Waals surface area contributed by atoms with Gasteiger partial charge in [0.05, 0.1) is 11.1 Å². The number of nitrogens with one attached hydrogen (secondary N) is 1. The smallest absolute Gasteiger partial charge is 0.254 e. The maximum Gasteiger partial charge on any atom is 0.254 e. The third kappa shape index (κ3) is 2.70. The van der Waals surface area contributed by atoms with Crippen LogP contribution in [0.5, 0.6) is 0 Å². The number of para-hydroxylation sites is 1. The molecule has 1 fully saturated rings. The summed E-state index contributed by atoms with van der Waals surface area (Å²) >= 11 is 1.92. The monoisotopic (exact) mass is 301 g/mol. The lowest BCUT2D eigenvalue weighted by Gasteiger charge is -2.24. The Morgan fingerprint density at radius 3 is 2.95 bits per heavy atom. The summed E-state index contributed by atoms with van der Waals surface area (Å²) in [6, 6.07) is 9.99. The number of hydrogen-bond acceptors (Lipinski definition) is 4. The number of aromatic nitrogens is 1. The van der Waals surface area contributed by atoms with Gasteiger partial charge in [-0.15, -0.1) is 0 Å². The normalized spacial score (nSPS) is 17.9. The predicted molar refractivity (Wildman–Crippen MR) is 89.1 cm³/mol. The Morgan fingerprint density at radius 1 is 1.43 bits per heavy atom. The van der Waals surface area contributed by atoms with E-state index in [-0.39, 0.29) is 5.91 Å². The van der Waals surface area contributed by atoms with Gasteiger partial charge in [-0.2, -0.15) is 11.8 Å². The van der Waals surface area contributed by atoms with Crippen molar-refractivity contribution in [1.82, 2.24) is 9.88 Å². The van der Waals surface area contributed by atoms with E-state index in [1.54, 1.807) is 0 Å². The molecular weight excluding hydrogens is 282 g/mol. The number of amides is 1. The lowest BCUT2D eigenvalue weighted by Crippen LogP contribution is -2.37. The van der Waals surface area contributed by atoms with Crippen LogP contribution in [0.25, 0.3) is 10.9 Å². The van der Waals surface area contributed by atoms with Gasteiger partial charge < -0.3 is 10.2 Å². The molecular formula is C16H19N3OS. The van der Waals surface area contributed by atoms with Crippen LogP contribution >= 0.6 is 11.8 Å².